The van der Waals surface area contributed by atoms with Crippen molar-refractivity contribution in [2.24, 2.45) is 0 Å². The summed E-state index contributed by atoms with van der Waals surface area (Å²) in [5, 5.41) is 14.8. The van der Waals surface area contributed by atoms with Gasteiger partial charge in [-0.2, -0.15) is 0 Å². The summed E-state index contributed by atoms with van der Waals surface area (Å²) < 4.78 is 0. The summed E-state index contributed by atoms with van der Waals surface area (Å²) in [4.78, 5) is 38.6. The van der Waals surface area contributed by atoms with Gasteiger partial charge in [-0.05, 0) is 43.5 Å². The van der Waals surface area contributed by atoms with Gasteiger partial charge in [0.1, 0.15) is 0 Å². The van der Waals surface area contributed by atoms with Gasteiger partial charge in [-0.3, -0.25) is 14.5 Å². The molecule has 1 aliphatic heterocycles. The lowest BCUT2D eigenvalue weighted by Crippen LogP contribution is -2.56. The fraction of sp³-hybridized carbons (Fsp3) is 0.550. The molecule has 1 saturated carbocycles. The second-order valence-electron chi connectivity index (χ2n) is 7.64. The minimum Gasteiger partial charge on any atom is -0.480 e. The zero-order valence-corrected chi connectivity index (χ0v) is 16.6. The fourth-order valence-corrected chi connectivity index (χ4v) is 3.94. The highest BCUT2D eigenvalue weighted by Gasteiger charge is 2.34. The van der Waals surface area contributed by atoms with Crippen molar-refractivity contribution in [3.05, 3.63) is 29.3 Å². The van der Waals surface area contributed by atoms with E-state index in [4.69, 9.17) is 5.11 Å². The van der Waals surface area contributed by atoms with Crippen molar-refractivity contribution in [2.45, 2.75) is 51.2 Å². The van der Waals surface area contributed by atoms with E-state index >= 15 is 0 Å². The highest BCUT2D eigenvalue weighted by molar-refractivity contribution is 6.00. The van der Waals surface area contributed by atoms with Crippen molar-refractivity contribution in [2.75, 3.05) is 25.0 Å². The first kappa shape index (κ1) is 20.1. The number of urea groups is 1. The first-order valence-corrected chi connectivity index (χ1v) is 9.70. The number of carboxylic acid groups (broad SMARTS) is 1. The van der Waals surface area contributed by atoms with Gasteiger partial charge < -0.3 is 20.6 Å². The molecule has 3 rings (SSSR count). The molecule has 0 aromatic heterocycles. The number of carbonyl (C=O) groups excluding carboxylic acids is 2. The first-order valence-electron chi connectivity index (χ1n) is 9.70. The van der Waals surface area contributed by atoms with Gasteiger partial charge in [0, 0.05) is 24.8 Å². The van der Waals surface area contributed by atoms with Gasteiger partial charge in [0.15, 0.2) is 0 Å². The summed E-state index contributed by atoms with van der Waals surface area (Å²) in [5.41, 5.74) is 2.87. The highest BCUT2D eigenvalue weighted by atomic mass is 16.4. The number of fused-ring (bicyclic) bond motifs is 1. The third-order valence-electron chi connectivity index (χ3n) is 5.74. The van der Waals surface area contributed by atoms with E-state index in [1.165, 1.54) is 0 Å². The molecule has 152 valence electrons. The Hall–Kier alpha value is -2.61. The van der Waals surface area contributed by atoms with E-state index in [1.54, 1.807) is 11.9 Å². The quantitative estimate of drug-likeness (QED) is 0.657. The molecule has 3 amide bonds. The molecule has 1 unspecified atom stereocenters. The van der Waals surface area contributed by atoms with E-state index < -0.39 is 5.97 Å². The minimum absolute atomic E-state index is 0.0349. The molecule has 0 radical (unpaired) electrons. The van der Waals surface area contributed by atoms with Crippen molar-refractivity contribution in [3.63, 3.8) is 0 Å². The molecule has 1 aromatic rings. The molecule has 1 atom stereocenters. The Labute approximate surface area is 164 Å². The highest BCUT2D eigenvalue weighted by Crippen LogP contribution is 2.30. The van der Waals surface area contributed by atoms with Crippen LogP contribution in [-0.2, 0) is 16.0 Å². The molecule has 0 bridgehead atoms. The van der Waals surface area contributed by atoms with Crippen molar-refractivity contribution >= 4 is 23.6 Å². The van der Waals surface area contributed by atoms with E-state index in [0.29, 0.717) is 13.0 Å². The van der Waals surface area contributed by atoms with Gasteiger partial charge >= 0.3 is 12.0 Å². The predicted molar refractivity (Wildman–Crippen MR) is 105 cm³/mol. The zero-order chi connectivity index (χ0) is 20.4. The Balaban J connectivity index is 1.48. The smallest absolute Gasteiger partial charge is 0.317 e. The Bertz CT molecular complexity index is 775. The van der Waals surface area contributed by atoms with Crippen LogP contribution in [0.15, 0.2) is 18.2 Å². The predicted octanol–water partition coefficient (Wildman–Crippen LogP) is 1.50. The molecule has 8 heteroatoms. The number of anilines is 1. The summed E-state index contributed by atoms with van der Waals surface area (Å²) in [6, 6.07) is 5.69. The summed E-state index contributed by atoms with van der Waals surface area (Å²) >= 11 is 0. The SMILES string of the molecule is CCN(CC(=O)O)C1CC(NC(=O)NC(C)c2ccc3c(c2)CC(=O)N3C)C1. The normalized spacial score (nSPS) is 21.9. The van der Waals surface area contributed by atoms with E-state index in [1.807, 2.05) is 36.9 Å². The van der Waals surface area contributed by atoms with Gasteiger partial charge in [-0.15, -0.1) is 0 Å². The maximum absolute atomic E-state index is 12.3. The molecule has 28 heavy (non-hydrogen) atoms. The van der Waals surface area contributed by atoms with Crippen molar-refractivity contribution in [1.29, 1.82) is 0 Å². The standard InChI is InChI=1S/C20H28N4O4/c1-4-24(11-19(26)27)16-9-15(10-16)22-20(28)21-12(2)13-5-6-17-14(7-13)8-18(25)23(17)3/h5-7,12,15-16H,4,8-11H2,1-3H3,(H,26,27)(H2,21,22,28). The van der Waals surface area contributed by atoms with Crippen LogP contribution in [0.25, 0.3) is 0 Å². The Morgan fingerprint density at radius 2 is 2.07 bits per heavy atom. The largest absolute Gasteiger partial charge is 0.480 e. The number of hydrogen-bond acceptors (Lipinski definition) is 4. The third kappa shape index (κ3) is 4.27. The number of nitrogens with one attached hydrogen (secondary N) is 2. The summed E-state index contributed by atoms with van der Waals surface area (Å²) in [6.07, 6.45) is 1.92. The number of amides is 3. The average Bonchev–Trinajstić information content (AvgIpc) is 2.89. The van der Waals surface area contributed by atoms with E-state index in [2.05, 4.69) is 10.6 Å². The maximum Gasteiger partial charge on any atom is 0.317 e. The van der Waals surface area contributed by atoms with Crippen LogP contribution in [0.5, 0.6) is 0 Å². The number of benzene rings is 1. The lowest BCUT2D eigenvalue weighted by Gasteiger charge is -2.42. The third-order valence-corrected chi connectivity index (χ3v) is 5.74. The summed E-state index contributed by atoms with van der Waals surface area (Å²) in [6.45, 7) is 4.58. The summed E-state index contributed by atoms with van der Waals surface area (Å²) in [7, 11) is 1.77. The fourth-order valence-electron chi connectivity index (χ4n) is 3.94. The lowest BCUT2D eigenvalue weighted by atomic mass is 9.85. The number of hydrogen-bond donors (Lipinski definition) is 3. The van der Waals surface area contributed by atoms with Crippen LogP contribution >= 0.6 is 0 Å². The molecular formula is C20H28N4O4. The topological polar surface area (TPSA) is 102 Å². The lowest BCUT2D eigenvalue weighted by molar-refractivity contribution is -0.139. The van der Waals surface area contributed by atoms with E-state index in [9.17, 15) is 14.4 Å². The maximum atomic E-state index is 12.3. The number of likely N-dealkylation sites (N-methyl/N-ethyl adjacent to an activating group) is 2. The molecule has 1 heterocycles. The van der Waals surface area contributed by atoms with Gasteiger partial charge in [-0.1, -0.05) is 19.1 Å². The van der Waals surface area contributed by atoms with Crippen LogP contribution in [0.3, 0.4) is 0 Å². The van der Waals surface area contributed by atoms with Crippen LogP contribution in [0.2, 0.25) is 0 Å². The van der Waals surface area contributed by atoms with Gasteiger partial charge in [-0.25, -0.2) is 4.79 Å². The van der Waals surface area contributed by atoms with Gasteiger partial charge in [0.05, 0.1) is 19.0 Å². The molecule has 1 aromatic carbocycles. The first-order chi connectivity index (χ1) is 13.3. The van der Waals surface area contributed by atoms with E-state index in [0.717, 1.165) is 29.7 Å². The Kier molecular flexibility index (Phi) is 5.88. The molecule has 0 saturated heterocycles. The Morgan fingerprint density at radius 1 is 1.36 bits per heavy atom. The summed E-state index contributed by atoms with van der Waals surface area (Å²) in [5.74, 6) is -0.749. The number of nitrogens with zero attached hydrogens (tertiary/aromatic N) is 2. The van der Waals surface area contributed by atoms with Crippen LogP contribution in [0.4, 0.5) is 10.5 Å². The Morgan fingerprint density at radius 3 is 2.71 bits per heavy atom. The van der Waals surface area contributed by atoms with Gasteiger partial charge in [0.2, 0.25) is 5.91 Å². The van der Waals surface area contributed by atoms with Crippen molar-refractivity contribution in [3.8, 4) is 0 Å². The second-order valence-corrected chi connectivity index (χ2v) is 7.64. The molecule has 2 aliphatic rings. The average molecular weight is 388 g/mol. The molecular weight excluding hydrogens is 360 g/mol. The van der Waals surface area contributed by atoms with Gasteiger partial charge in [0.25, 0.3) is 0 Å². The van der Waals surface area contributed by atoms with Crippen molar-refractivity contribution in [1.82, 2.24) is 15.5 Å². The second kappa shape index (κ2) is 8.18. The van der Waals surface area contributed by atoms with E-state index in [-0.39, 0.29) is 36.6 Å². The van der Waals surface area contributed by atoms with Crippen LogP contribution in [0.1, 0.15) is 43.9 Å². The van der Waals surface area contributed by atoms with Crippen molar-refractivity contribution < 1.29 is 19.5 Å². The monoisotopic (exact) mass is 388 g/mol. The van der Waals surface area contributed by atoms with Crippen LogP contribution in [0, 0.1) is 0 Å². The molecule has 3 N–H and O–H groups in total. The number of carbonyl (C=O) groups is 3. The number of rotatable bonds is 7. The van der Waals surface area contributed by atoms with Crippen LogP contribution < -0.4 is 15.5 Å². The minimum atomic E-state index is -0.827. The molecule has 8 nitrogen and oxygen atoms in total. The number of aliphatic carboxylic acids is 1. The zero-order valence-electron chi connectivity index (χ0n) is 16.6. The van der Waals surface area contributed by atoms with Crippen LogP contribution in [-0.4, -0.2) is 60.1 Å². The molecule has 1 aliphatic carbocycles. The molecule has 0 spiro atoms. The molecule has 1 fully saturated rings. The number of carboxylic acids is 1.